The molecule has 0 amide bonds. The van der Waals surface area contributed by atoms with Gasteiger partial charge in [0.15, 0.2) is 0 Å². The van der Waals surface area contributed by atoms with Gasteiger partial charge >= 0.3 is 0 Å². The Morgan fingerprint density at radius 3 is 2.76 bits per heavy atom. The second kappa shape index (κ2) is 4.26. The lowest BCUT2D eigenvalue weighted by Crippen LogP contribution is -2.12. The molecule has 17 heavy (non-hydrogen) atoms. The van der Waals surface area contributed by atoms with Gasteiger partial charge in [-0.15, -0.1) is 11.3 Å². The van der Waals surface area contributed by atoms with E-state index in [1.165, 1.54) is 26.8 Å². The van der Waals surface area contributed by atoms with E-state index in [1.807, 2.05) is 0 Å². The number of benzene rings is 1. The quantitative estimate of drug-likeness (QED) is 0.728. The highest BCUT2D eigenvalue weighted by Crippen LogP contribution is 2.33. The molecular formula is C14H13NS2. The summed E-state index contributed by atoms with van der Waals surface area (Å²) in [5.74, 6) is 0. The van der Waals surface area contributed by atoms with Gasteiger partial charge in [0.2, 0.25) is 0 Å². The molecule has 0 aliphatic heterocycles. The normalized spacial score (nSPS) is 13.1. The minimum atomic E-state index is -0.0106. The third-order valence-corrected chi connectivity index (χ3v) is 4.93. The Morgan fingerprint density at radius 1 is 1.12 bits per heavy atom. The van der Waals surface area contributed by atoms with E-state index in [2.05, 4.69) is 47.3 Å². The van der Waals surface area contributed by atoms with Crippen molar-refractivity contribution in [3.05, 3.63) is 57.1 Å². The average molecular weight is 259 g/mol. The van der Waals surface area contributed by atoms with Gasteiger partial charge in [-0.3, -0.25) is 0 Å². The summed E-state index contributed by atoms with van der Waals surface area (Å²) < 4.78 is 1.31. The molecule has 0 radical (unpaired) electrons. The molecule has 3 rings (SSSR count). The van der Waals surface area contributed by atoms with Crippen LogP contribution in [-0.4, -0.2) is 0 Å². The van der Waals surface area contributed by atoms with E-state index in [-0.39, 0.29) is 6.04 Å². The van der Waals surface area contributed by atoms with E-state index in [0.29, 0.717) is 0 Å². The van der Waals surface area contributed by atoms with Gasteiger partial charge in [0.1, 0.15) is 0 Å². The van der Waals surface area contributed by atoms with Crippen LogP contribution in [-0.2, 0) is 0 Å². The Kier molecular flexibility index (Phi) is 2.74. The molecule has 0 spiro atoms. The number of nitrogens with two attached hydrogens (primary N) is 1. The number of rotatable bonds is 2. The molecule has 0 saturated heterocycles. The van der Waals surface area contributed by atoms with Gasteiger partial charge in [0.05, 0.1) is 6.04 Å². The van der Waals surface area contributed by atoms with Crippen LogP contribution in [0.15, 0.2) is 40.4 Å². The Bertz CT molecular complexity index is 651. The molecule has 1 unspecified atom stereocenters. The highest BCUT2D eigenvalue weighted by molar-refractivity contribution is 7.17. The van der Waals surface area contributed by atoms with Crippen molar-refractivity contribution in [2.45, 2.75) is 13.0 Å². The standard InChI is InChI=1S/C14H13NS2/c1-9-7-16-8-12(9)13(15)11-4-2-3-10-5-6-17-14(10)11/h2-8,13H,15H2,1H3. The molecule has 0 fully saturated rings. The van der Waals surface area contributed by atoms with Crippen molar-refractivity contribution in [1.29, 1.82) is 0 Å². The molecule has 0 bridgehead atoms. The minimum Gasteiger partial charge on any atom is -0.320 e. The van der Waals surface area contributed by atoms with Crippen LogP contribution in [0.4, 0.5) is 0 Å². The first-order valence-electron chi connectivity index (χ1n) is 5.52. The molecule has 1 nitrogen and oxygen atoms in total. The molecular weight excluding hydrogens is 246 g/mol. The van der Waals surface area contributed by atoms with E-state index in [4.69, 9.17) is 5.73 Å². The van der Waals surface area contributed by atoms with E-state index in [9.17, 15) is 0 Å². The zero-order valence-corrected chi connectivity index (χ0v) is 11.1. The van der Waals surface area contributed by atoms with Gasteiger partial charge in [-0.2, -0.15) is 11.3 Å². The second-order valence-electron chi connectivity index (χ2n) is 4.17. The maximum absolute atomic E-state index is 6.40. The molecule has 0 aliphatic rings. The maximum atomic E-state index is 6.40. The molecule has 2 heterocycles. The lowest BCUT2D eigenvalue weighted by molar-refractivity contribution is 0.879. The first-order chi connectivity index (χ1) is 8.27. The molecule has 0 saturated carbocycles. The van der Waals surface area contributed by atoms with E-state index < -0.39 is 0 Å². The van der Waals surface area contributed by atoms with E-state index >= 15 is 0 Å². The fourth-order valence-electron chi connectivity index (χ4n) is 2.12. The Morgan fingerprint density at radius 2 is 2.00 bits per heavy atom. The van der Waals surface area contributed by atoms with Crippen LogP contribution >= 0.6 is 22.7 Å². The summed E-state index contributed by atoms with van der Waals surface area (Å²) >= 11 is 3.49. The number of hydrogen-bond donors (Lipinski definition) is 1. The maximum Gasteiger partial charge on any atom is 0.0576 e. The monoisotopic (exact) mass is 259 g/mol. The fraction of sp³-hybridized carbons (Fsp3) is 0.143. The summed E-state index contributed by atoms with van der Waals surface area (Å²) in [5, 5.41) is 7.73. The molecule has 3 aromatic rings. The van der Waals surface area contributed by atoms with Crippen molar-refractivity contribution in [1.82, 2.24) is 0 Å². The molecule has 3 heteroatoms. The molecule has 1 atom stereocenters. The Hall–Kier alpha value is -1.16. The van der Waals surface area contributed by atoms with E-state index in [0.717, 1.165) is 0 Å². The van der Waals surface area contributed by atoms with Crippen molar-refractivity contribution >= 4 is 32.8 Å². The summed E-state index contributed by atoms with van der Waals surface area (Å²) in [5.41, 5.74) is 10.2. The predicted molar refractivity (Wildman–Crippen MR) is 76.9 cm³/mol. The molecule has 1 aromatic carbocycles. The first-order valence-corrected chi connectivity index (χ1v) is 7.34. The number of hydrogen-bond acceptors (Lipinski definition) is 3. The van der Waals surface area contributed by atoms with Crippen LogP contribution in [0.5, 0.6) is 0 Å². The van der Waals surface area contributed by atoms with Crippen molar-refractivity contribution in [2.24, 2.45) is 5.73 Å². The zero-order chi connectivity index (χ0) is 11.8. The zero-order valence-electron chi connectivity index (χ0n) is 9.51. The average Bonchev–Trinajstić information content (AvgIpc) is 2.95. The first kappa shape index (κ1) is 11.0. The number of aryl methyl sites for hydroxylation is 1. The van der Waals surface area contributed by atoms with Crippen LogP contribution in [0, 0.1) is 6.92 Å². The summed E-state index contributed by atoms with van der Waals surface area (Å²) in [6, 6.07) is 8.51. The van der Waals surface area contributed by atoms with Crippen molar-refractivity contribution in [2.75, 3.05) is 0 Å². The van der Waals surface area contributed by atoms with E-state index in [1.54, 1.807) is 22.7 Å². The van der Waals surface area contributed by atoms with Gasteiger partial charge < -0.3 is 5.73 Å². The summed E-state index contributed by atoms with van der Waals surface area (Å²) in [6.07, 6.45) is 0. The second-order valence-corrected chi connectivity index (χ2v) is 5.83. The summed E-state index contributed by atoms with van der Waals surface area (Å²) in [4.78, 5) is 0. The molecule has 2 N–H and O–H groups in total. The summed E-state index contributed by atoms with van der Waals surface area (Å²) in [6.45, 7) is 2.13. The molecule has 86 valence electrons. The third-order valence-electron chi connectivity index (χ3n) is 3.07. The van der Waals surface area contributed by atoms with Gasteiger partial charge in [-0.05, 0) is 51.2 Å². The number of fused-ring (bicyclic) bond motifs is 1. The lowest BCUT2D eigenvalue weighted by Gasteiger charge is -2.13. The van der Waals surface area contributed by atoms with Crippen LogP contribution in [0.1, 0.15) is 22.7 Å². The predicted octanol–water partition coefficient (Wildman–Crippen LogP) is 4.32. The fourth-order valence-corrected chi connectivity index (χ4v) is 3.96. The SMILES string of the molecule is Cc1cscc1C(N)c1cccc2ccsc12. The van der Waals surface area contributed by atoms with Gasteiger partial charge in [0.25, 0.3) is 0 Å². The van der Waals surface area contributed by atoms with Crippen molar-refractivity contribution in [3.63, 3.8) is 0 Å². The van der Waals surface area contributed by atoms with Gasteiger partial charge in [-0.25, -0.2) is 0 Å². The lowest BCUT2D eigenvalue weighted by atomic mass is 9.98. The van der Waals surface area contributed by atoms with Crippen LogP contribution in [0.3, 0.4) is 0 Å². The van der Waals surface area contributed by atoms with Crippen LogP contribution in [0.25, 0.3) is 10.1 Å². The highest BCUT2D eigenvalue weighted by Gasteiger charge is 2.15. The molecule has 2 aromatic heterocycles. The topological polar surface area (TPSA) is 26.0 Å². The highest BCUT2D eigenvalue weighted by atomic mass is 32.1. The summed E-state index contributed by atoms with van der Waals surface area (Å²) in [7, 11) is 0. The third kappa shape index (κ3) is 1.80. The van der Waals surface area contributed by atoms with Crippen LogP contribution < -0.4 is 5.73 Å². The van der Waals surface area contributed by atoms with Gasteiger partial charge in [-0.1, -0.05) is 18.2 Å². The van der Waals surface area contributed by atoms with Crippen molar-refractivity contribution in [3.8, 4) is 0 Å². The Balaban J connectivity index is 2.15. The number of thiophene rings is 2. The minimum absolute atomic E-state index is 0.0106. The smallest absolute Gasteiger partial charge is 0.0576 e. The van der Waals surface area contributed by atoms with Crippen LogP contribution in [0.2, 0.25) is 0 Å². The largest absolute Gasteiger partial charge is 0.320 e. The molecule has 0 aliphatic carbocycles. The van der Waals surface area contributed by atoms with Crippen molar-refractivity contribution < 1.29 is 0 Å². The van der Waals surface area contributed by atoms with Gasteiger partial charge in [0, 0.05) is 4.70 Å². The Labute approximate surface area is 109 Å².